The van der Waals surface area contributed by atoms with Crippen LogP contribution in [0.3, 0.4) is 0 Å². The normalized spacial score (nSPS) is 10.8. The zero-order valence-corrected chi connectivity index (χ0v) is 17.8. The predicted molar refractivity (Wildman–Crippen MR) is 119 cm³/mol. The second-order valence-corrected chi connectivity index (χ2v) is 7.38. The van der Waals surface area contributed by atoms with Crippen molar-refractivity contribution in [3.63, 3.8) is 0 Å². The number of amides is 2. The van der Waals surface area contributed by atoms with E-state index in [0.717, 1.165) is 22.6 Å². The topological polar surface area (TPSA) is 79.3 Å². The summed E-state index contributed by atoms with van der Waals surface area (Å²) in [5, 5.41) is 10.3. The van der Waals surface area contributed by atoms with Crippen molar-refractivity contribution in [1.29, 1.82) is 0 Å². The minimum atomic E-state index is -0.153. The molecule has 1 aromatic heterocycles. The standard InChI is InChI=1S/C23H27N5O2/c1-16-22(17(2)28(26-16)21-11-6-5-7-12-21)14-27(4)15-23(30)25-20-10-8-9-19(13-20)24-18(3)29/h5-13H,14-15H2,1-4H3,(H,24,29)(H,25,30). The van der Waals surface area contributed by atoms with Crippen LogP contribution in [-0.2, 0) is 16.1 Å². The van der Waals surface area contributed by atoms with Gasteiger partial charge in [0, 0.05) is 36.1 Å². The zero-order valence-electron chi connectivity index (χ0n) is 17.8. The van der Waals surface area contributed by atoms with Crippen molar-refractivity contribution >= 4 is 23.2 Å². The SMILES string of the molecule is CC(=O)Nc1cccc(NC(=O)CN(C)Cc2c(C)nn(-c3ccccc3)c2C)c1. The van der Waals surface area contributed by atoms with Crippen LogP contribution in [0.4, 0.5) is 11.4 Å². The first-order valence-electron chi connectivity index (χ1n) is 9.80. The molecule has 30 heavy (non-hydrogen) atoms. The fraction of sp³-hybridized carbons (Fsp3) is 0.261. The number of rotatable bonds is 7. The Kier molecular flexibility index (Phi) is 6.64. The largest absolute Gasteiger partial charge is 0.326 e. The van der Waals surface area contributed by atoms with Crippen LogP contribution in [0, 0.1) is 13.8 Å². The number of aryl methyl sites for hydroxylation is 1. The van der Waals surface area contributed by atoms with Crippen molar-refractivity contribution in [2.45, 2.75) is 27.3 Å². The van der Waals surface area contributed by atoms with Crippen molar-refractivity contribution in [1.82, 2.24) is 14.7 Å². The van der Waals surface area contributed by atoms with Gasteiger partial charge in [0.05, 0.1) is 17.9 Å². The third-order valence-corrected chi connectivity index (χ3v) is 4.75. The molecule has 0 saturated carbocycles. The lowest BCUT2D eigenvalue weighted by Gasteiger charge is -2.17. The molecule has 7 heteroatoms. The molecular formula is C23H27N5O2. The molecule has 0 aliphatic heterocycles. The van der Waals surface area contributed by atoms with Crippen LogP contribution in [0.2, 0.25) is 0 Å². The van der Waals surface area contributed by atoms with Gasteiger partial charge >= 0.3 is 0 Å². The van der Waals surface area contributed by atoms with Crippen LogP contribution in [-0.4, -0.2) is 40.1 Å². The molecular weight excluding hydrogens is 378 g/mol. The van der Waals surface area contributed by atoms with Gasteiger partial charge in [-0.05, 0) is 51.2 Å². The summed E-state index contributed by atoms with van der Waals surface area (Å²) in [6.07, 6.45) is 0. The molecule has 2 amide bonds. The summed E-state index contributed by atoms with van der Waals surface area (Å²) in [6.45, 7) is 6.33. The first-order chi connectivity index (χ1) is 14.3. The van der Waals surface area contributed by atoms with E-state index >= 15 is 0 Å². The van der Waals surface area contributed by atoms with Crippen LogP contribution < -0.4 is 10.6 Å². The first kappa shape index (κ1) is 21.3. The summed E-state index contributed by atoms with van der Waals surface area (Å²) in [5.74, 6) is -0.275. The van der Waals surface area contributed by atoms with Crippen molar-refractivity contribution in [3.05, 3.63) is 71.5 Å². The van der Waals surface area contributed by atoms with Crippen molar-refractivity contribution in [2.75, 3.05) is 24.2 Å². The van der Waals surface area contributed by atoms with Gasteiger partial charge in [0.1, 0.15) is 0 Å². The van der Waals surface area contributed by atoms with Gasteiger partial charge in [-0.3, -0.25) is 14.5 Å². The zero-order chi connectivity index (χ0) is 21.7. The molecule has 7 nitrogen and oxygen atoms in total. The summed E-state index contributed by atoms with van der Waals surface area (Å²) in [6, 6.07) is 17.1. The van der Waals surface area contributed by atoms with Gasteiger partial charge in [0.2, 0.25) is 11.8 Å². The van der Waals surface area contributed by atoms with Gasteiger partial charge < -0.3 is 10.6 Å². The number of hydrogen-bond donors (Lipinski definition) is 2. The molecule has 0 aliphatic carbocycles. The number of nitrogens with zero attached hydrogens (tertiary/aromatic N) is 3. The van der Waals surface area contributed by atoms with E-state index in [4.69, 9.17) is 0 Å². The van der Waals surface area contributed by atoms with Gasteiger partial charge in [-0.15, -0.1) is 0 Å². The maximum Gasteiger partial charge on any atom is 0.238 e. The Morgan fingerprint density at radius 3 is 2.33 bits per heavy atom. The number of hydrogen-bond acceptors (Lipinski definition) is 4. The lowest BCUT2D eigenvalue weighted by Crippen LogP contribution is -2.30. The third-order valence-electron chi connectivity index (χ3n) is 4.75. The lowest BCUT2D eigenvalue weighted by molar-refractivity contribution is -0.117. The minimum absolute atomic E-state index is 0.122. The number of aromatic nitrogens is 2. The van der Waals surface area contributed by atoms with Gasteiger partial charge in [0.15, 0.2) is 0 Å². The van der Waals surface area contributed by atoms with Crippen LogP contribution in [0.15, 0.2) is 54.6 Å². The molecule has 0 atom stereocenters. The van der Waals surface area contributed by atoms with Crippen molar-refractivity contribution < 1.29 is 9.59 Å². The quantitative estimate of drug-likeness (QED) is 0.630. The summed E-state index contributed by atoms with van der Waals surface area (Å²) in [5.41, 5.74) is 5.43. The molecule has 0 aliphatic rings. The Labute approximate surface area is 176 Å². The smallest absolute Gasteiger partial charge is 0.238 e. The molecule has 0 spiro atoms. The number of carbonyl (C=O) groups is 2. The fourth-order valence-corrected chi connectivity index (χ4v) is 3.37. The Morgan fingerprint density at radius 2 is 1.67 bits per heavy atom. The molecule has 3 rings (SSSR count). The Balaban J connectivity index is 1.63. The van der Waals surface area contributed by atoms with Crippen LogP contribution in [0.25, 0.3) is 5.69 Å². The predicted octanol–water partition coefficient (Wildman–Crippen LogP) is 3.52. The fourth-order valence-electron chi connectivity index (χ4n) is 3.37. The highest BCUT2D eigenvalue weighted by atomic mass is 16.2. The summed E-state index contributed by atoms with van der Waals surface area (Å²) in [4.78, 5) is 25.6. The highest BCUT2D eigenvalue weighted by Gasteiger charge is 2.16. The molecule has 0 bridgehead atoms. The monoisotopic (exact) mass is 405 g/mol. The maximum absolute atomic E-state index is 12.5. The molecule has 0 saturated heterocycles. The first-order valence-corrected chi connectivity index (χ1v) is 9.80. The summed E-state index contributed by atoms with van der Waals surface area (Å²) in [7, 11) is 1.91. The third kappa shape index (κ3) is 5.33. The molecule has 156 valence electrons. The molecule has 0 unspecified atom stereocenters. The number of likely N-dealkylation sites (N-methyl/N-ethyl adjacent to an activating group) is 1. The van der Waals surface area contributed by atoms with E-state index in [1.807, 2.05) is 60.8 Å². The average Bonchev–Trinajstić information content (AvgIpc) is 2.96. The number of nitrogens with one attached hydrogen (secondary N) is 2. The highest BCUT2D eigenvalue weighted by molar-refractivity contribution is 5.94. The average molecular weight is 406 g/mol. The molecule has 0 radical (unpaired) electrons. The van der Waals surface area contributed by atoms with E-state index in [-0.39, 0.29) is 18.4 Å². The van der Waals surface area contributed by atoms with Gasteiger partial charge in [-0.1, -0.05) is 24.3 Å². The number of carbonyl (C=O) groups excluding carboxylic acids is 2. The minimum Gasteiger partial charge on any atom is -0.326 e. The number of anilines is 2. The van der Waals surface area contributed by atoms with E-state index < -0.39 is 0 Å². The number of para-hydroxylation sites is 1. The van der Waals surface area contributed by atoms with Crippen molar-refractivity contribution in [2.24, 2.45) is 0 Å². The lowest BCUT2D eigenvalue weighted by atomic mass is 10.2. The molecule has 2 aromatic carbocycles. The molecule has 3 aromatic rings. The van der Waals surface area contributed by atoms with Crippen LogP contribution in [0.1, 0.15) is 23.9 Å². The van der Waals surface area contributed by atoms with E-state index in [0.29, 0.717) is 17.9 Å². The second-order valence-electron chi connectivity index (χ2n) is 7.38. The van der Waals surface area contributed by atoms with Crippen molar-refractivity contribution in [3.8, 4) is 5.69 Å². The summed E-state index contributed by atoms with van der Waals surface area (Å²) < 4.78 is 1.94. The summed E-state index contributed by atoms with van der Waals surface area (Å²) >= 11 is 0. The highest BCUT2D eigenvalue weighted by Crippen LogP contribution is 2.19. The Bertz CT molecular complexity index is 1040. The Hall–Kier alpha value is -3.45. The molecule has 0 fully saturated rings. The Morgan fingerprint density at radius 1 is 1.00 bits per heavy atom. The number of benzene rings is 2. The van der Waals surface area contributed by atoms with E-state index in [1.165, 1.54) is 6.92 Å². The van der Waals surface area contributed by atoms with E-state index in [1.54, 1.807) is 24.3 Å². The second kappa shape index (κ2) is 9.37. The van der Waals surface area contributed by atoms with E-state index in [2.05, 4.69) is 15.7 Å². The van der Waals surface area contributed by atoms with Gasteiger partial charge in [-0.25, -0.2) is 4.68 Å². The van der Waals surface area contributed by atoms with Gasteiger partial charge in [-0.2, -0.15) is 5.10 Å². The van der Waals surface area contributed by atoms with E-state index in [9.17, 15) is 9.59 Å². The molecule has 1 heterocycles. The molecule has 2 N–H and O–H groups in total. The van der Waals surface area contributed by atoms with Crippen LogP contribution in [0.5, 0.6) is 0 Å². The van der Waals surface area contributed by atoms with Gasteiger partial charge in [0.25, 0.3) is 0 Å². The maximum atomic E-state index is 12.5. The van der Waals surface area contributed by atoms with Crippen LogP contribution >= 0.6 is 0 Å².